The van der Waals surface area contributed by atoms with Crippen LogP contribution in [0.2, 0.25) is 0 Å². The molecule has 1 N–H and O–H groups in total. The van der Waals surface area contributed by atoms with Gasteiger partial charge in [-0.3, -0.25) is 9.59 Å². The van der Waals surface area contributed by atoms with Crippen LogP contribution in [-0.4, -0.2) is 80.6 Å². The molecule has 0 rings (SSSR count). The van der Waals surface area contributed by atoms with E-state index in [1.165, 1.54) is 148 Å². The lowest BCUT2D eigenvalue weighted by Gasteiger charge is -2.31. The highest BCUT2D eigenvalue weighted by Gasteiger charge is 2.31. The topological polar surface area (TPSA) is 99.1 Å². The first kappa shape index (κ1) is 53.1. The number of hydrogen-bond donors (Lipinski definition) is 1. The first-order valence-corrected chi connectivity index (χ1v) is 23.2. The summed E-state index contributed by atoms with van der Waals surface area (Å²) in [7, 11) is 5.52. The standard InChI is InChI=1S/C47H89NO7/c1-6-8-10-12-14-16-17-18-19-20-21-22-23-24-25-26-27-28-30-32-34-36-38-46(50)55-43(41-53-40-39-44(47(51)52)48(3,4)5)42-54-45(49)37-35-33-31-29-15-13-11-9-7-2/h29,31,43-44H,6-28,30,32-42H2,1-5H3/p+1/b31-29+. The van der Waals surface area contributed by atoms with Crippen molar-refractivity contribution in [3.63, 3.8) is 0 Å². The molecular formula is C47H90NO7+. The molecule has 0 heterocycles. The van der Waals surface area contributed by atoms with E-state index in [1.54, 1.807) is 0 Å². The van der Waals surface area contributed by atoms with Crippen LogP contribution in [0.5, 0.6) is 0 Å². The quantitative estimate of drug-likeness (QED) is 0.0285. The summed E-state index contributed by atoms with van der Waals surface area (Å²) in [5.74, 6) is -1.50. The van der Waals surface area contributed by atoms with Crippen LogP contribution in [-0.2, 0) is 28.6 Å². The fourth-order valence-electron chi connectivity index (χ4n) is 7.04. The maximum Gasteiger partial charge on any atom is 0.362 e. The Hall–Kier alpha value is -1.93. The van der Waals surface area contributed by atoms with Gasteiger partial charge in [0, 0.05) is 19.3 Å². The van der Waals surface area contributed by atoms with Crippen LogP contribution in [0.4, 0.5) is 0 Å². The molecule has 2 atom stereocenters. The predicted molar refractivity (Wildman–Crippen MR) is 229 cm³/mol. The average Bonchev–Trinajstić information content (AvgIpc) is 3.14. The van der Waals surface area contributed by atoms with Crippen LogP contribution in [0.25, 0.3) is 0 Å². The molecule has 0 saturated carbocycles. The molecule has 0 radical (unpaired) electrons. The Kier molecular flexibility index (Phi) is 37.6. The van der Waals surface area contributed by atoms with E-state index in [0.29, 0.717) is 25.7 Å². The Balaban J connectivity index is 4.16. The molecule has 2 unspecified atom stereocenters. The number of carbonyl (C=O) groups excluding carboxylic acids is 2. The SMILES string of the molecule is CCCCCC/C=C/CCCC(=O)OCC(COCCC(C(=O)O)[N+](C)(C)C)OC(=O)CCCCCCCCCCCCCCCCCCCCCCCC. The lowest BCUT2D eigenvalue weighted by atomic mass is 10.0. The fraction of sp³-hybridized carbons (Fsp3) is 0.894. The van der Waals surface area contributed by atoms with E-state index in [1.807, 2.05) is 21.1 Å². The summed E-state index contributed by atoms with van der Waals surface area (Å²) in [6, 6.07) is -0.613. The second kappa shape index (κ2) is 38.9. The third-order valence-corrected chi connectivity index (χ3v) is 10.7. The summed E-state index contributed by atoms with van der Waals surface area (Å²) >= 11 is 0. The van der Waals surface area contributed by atoms with Crippen molar-refractivity contribution in [2.45, 2.75) is 231 Å². The number of aliphatic carboxylic acids is 1. The lowest BCUT2D eigenvalue weighted by Crippen LogP contribution is -2.50. The molecule has 0 fully saturated rings. The van der Waals surface area contributed by atoms with Crippen molar-refractivity contribution in [1.82, 2.24) is 0 Å². The van der Waals surface area contributed by atoms with Gasteiger partial charge in [0.15, 0.2) is 12.1 Å². The van der Waals surface area contributed by atoms with Crippen molar-refractivity contribution in [1.29, 1.82) is 0 Å². The zero-order valence-corrected chi connectivity index (χ0v) is 36.9. The summed E-state index contributed by atoms with van der Waals surface area (Å²) in [6.07, 6.45) is 41.4. The summed E-state index contributed by atoms with van der Waals surface area (Å²) in [5, 5.41) is 9.61. The minimum Gasteiger partial charge on any atom is -0.477 e. The van der Waals surface area contributed by atoms with Crippen molar-refractivity contribution in [3.05, 3.63) is 12.2 Å². The van der Waals surface area contributed by atoms with Crippen molar-refractivity contribution >= 4 is 17.9 Å². The van der Waals surface area contributed by atoms with E-state index in [9.17, 15) is 19.5 Å². The third kappa shape index (κ3) is 37.4. The minimum atomic E-state index is -0.875. The van der Waals surface area contributed by atoms with Crippen LogP contribution in [0.15, 0.2) is 12.2 Å². The molecule has 0 spiro atoms. The van der Waals surface area contributed by atoms with Gasteiger partial charge in [-0.2, -0.15) is 0 Å². The fourth-order valence-corrected chi connectivity index (χ4v) is 7.04. The van der Waals surface area contributed by atoms with Gasteiger partial charge in [0.25, 0.3) is 0 Å². The van der Waals surface area contributed by atoms with Gasteiger partial charge in [-0.25, -0.2) is 4.79 Å². The van der Waals surface area contributed by atoms with Gasteiger partial charge in [0.05, 0.1) is 34.4 Å². The normalized spacial score (nSPS) is 13.0. The van der Waals surface area contributed by atoms with Crippen LogP contribution < -0.4 is 0 Å². The molecule has 8 heteroatoms. The zero-order valence-electron chi connectivity index (χ0n) is 36.9. The molecule has 0 aliphatic rings. The second-order valence-electron chi connectivity index (χ2n) is 17.0. The van der Waals surface area contributed by atoms with Gasteiger partial charge < -0.3 is 23.8 Å². The monoisotopic (exact) mass is 781 g/mol. The number of esters is 2. The summed E-state index contributed by atoms with van der Waals surface area (Å²) in [5.41, 5.74) is 0. The molecule has 0 aliphatic carbocycles. The Morgan fingerprint density at radius 1 is 0.527 bits per heavy atom. The Labute approximate surface area is 339 Å². The van der Waals surface area contributed by atoms with Crippen molar-refractivity contribution in [2.24, 2.45) is 0 Å². The molecule has 0 saturated heterocycles. The highest BCUT2D eigenvalue weighted by molar-refractivity contribution is 5.72. The Morgan fingerprint density at radius 2 is 0.927 bits per heavy atom. The number of allylic oxidation sites excluding steroid dienone is 2. The lowest BCUT2D eigenvalue weighted by molar-refractivity contribution is -0.887. The number of likely N-dealkylation sites (N-methyl/N-ethyl adjacent to an activating group) is 1. The first-order chi connectivity index (χ1) is 26.6. The number of unbranched alkanes of at least 4 members (excludes halogenated alkanes) is 26. The maximum absolute atomic E-state index is 12.7. The molecule has 0 amide bonds. The summed E-state index contributed by atoms with van der Waals surface area (Å²) in [4.78, 5) is 36.9. The highest BCUT2D eigenvalue weighted by atomic mass is 16.6. The average molecular weight is 781 g/mol. The number of quaternary nitrogens is 1. The number of hydrogen-bond acceptors (Lipinski definition) is 6. The molecule has 0 bridgehead atoms. The Morgan fingerprint density at radius 3 is 1.36 bits per heavy atom. The Bertz CT molecular complexity index is 915. The van der Waals surface area contributed by atoms with E-state index < -0.39 is 18.1 Å². The molecule has 8 nitrogen and oxygen atoms in total. The van der Waals surface area contributed by atoms with Gasteiger partial charge in [-0.05, 0) is 32.1 Å². The van der Waals surface area contributed by atoms with Crippen LogP contribution >= 0.6 is 0 Å². The van der Waals surface area contributed by atoms with Gasteiger partial charge in [-0.15, -0.1) is 0 Å². The van der Waals surface area contributed by atoms with E-state index in [-0.39, 0.29) is 36.2 Å². The van der Waals surface area contributed by atoms with Gasteiger partial charge in [0.1, 0.15) is 6.61 Å². The van der Waals surface area contributed by atoms with Gasteiger partial charge in [0.2, 0.25) is 0 Å². The largest absolute Gasteiger partial charge is 0.477 e. The third-order valence-electron chi connectivity index (χ3n) is 10.7. The molecule has 55 heavy (non-hydrogen) atoms. The number of rotatable bonds is 42. The second-order valence-corrected chi connectivity index (χ2v) is 17.0. The van der Waals surface area contributed by atoms with Gasteiger partial charge in [-0.1, -0.05) is 180 Å². The van der Waals surface area contributed by atoms with Crippen molar-refractivity contribution in [2.75, 3.05) is 41.0 Å². The minimum absolute atomic E-state index is 0.0582. The zero-order chi connectivity index (χ0) is 40.7. The van der Waals surface area contributed by atoms with E-state index in [2.05, 4.69) is 26.0 Å². The van der Waals surface area contributed by atoms with Crippen LogP contribution in [0.3, 0.4) is 0 Å². The number of carboxylic acids is 1. The summed E-state index contributed by atoms with van der Waals surface area (Å²) < 4.78 is 17.2. The maximum atomic E-state index is 12.7. The van der Waals surface area contributed by atoms with E-state index >= 15 is 0 Å². The number of carbonyl (C=O) groups is 3. The van der Waals surface area contributed by atoms with Crippen LogP contribution in [0.1, 0.15) is 219 Å². The van der Waals surface area contributed by atoms with Crippen LogP contribution in [0, 0.1) is 0 Å². The smallest absolute Gasteiger partial charge is 0.362 e. The van der Waals surface area contributed by atoms with Gasteiger partial charge >= 0.3 is 17.9 Å². The number of ether oxygens (including phenoxy) is 3. The molecule has 0 aliphatic heterocycles. The predicted octanol–water partition coefficient (Wildman–Crippen LogP) is 12.7. The molecule has 0 aromatic carbocycles. The highest BCUT2D eigenvalue weighted by Crippen LogP contribution is 2.16. The molecular weight excluding hydrogens is 691 g/mol. The molecule has 324 valence electrons. The number of nitrogens with zero attached hydrogens (tertiary/aromatic N) is 1. The van der Waals surface area contributed by atoms with E-state index in [0.717, 1.165) is 32.1 Å². The molecule has 0 aromatic rings. The summed E-state index contributed by atoms with van der Waals surface area (Å²) in [6.45, 7) is 4.70. The van der Waals surface area contributed by atoms with Crippen molar-refractivity contribution < 1.29 is 38.2 Å². The van der Waals surface area contributed by atoms with Crippen molar-refractivity contribution in [3.8, 4) is 0 Å². The molecule has 0 aromatic heterocycles. The number of carboxylic acid groups (broad SMARTS) is 1. The van der Waals surface area contributed by atoms with E-state index in [4.69, 9.17) is 14.2 Å². The first-order valence-electron chi connectivity index (χ1n) is 23.2.